The predicted octanol–water partition coefficient (Wildman–Crippen LogP) is 4.18. The molecule has 0 aliphatic heterocycles. The molecular weight excluding hydrogens is 549 g/mol. The van der Waals surface area contributed by atoms with Gasteiger partial charge in [0.2, 0.25) is 0 Å². The molecule has 0 saturated heterocycles. The largest absolute Gasteiger partial charge is 1.00 e. The number of allylic oxidation sites excluding steroid dienone is 1. The molecule has 0 fully saturated rings. The van der Waals surface area contributed by atoms with Gasteiger partial charge in [-0.25, -0.2) is 8.42 Å². The summed E-state index contributed by atoms with van der Waals surface area (Å²) >= 11 is 7.39. The second kappa shape index (κ2) is 16.1. The fraction of sp³-hybridized carbons (Fsp3) is 0.739. The van der Waals surface area contributed by atoms with E-state index in [1.54, 1.807) is 0 Å². The average molecular weight is 590 g/mol. The van der Waals surface area contributed by atoms with Crippen molar-refractivity contribution >= 4 is 38.3 Å². The van der Waals surface area contributed by atoms with Crippen LogP contribution in [-0.2, 0) is 9.84 Å². The highest BCUT2D eigenvalue weighted by atomic mass is 127. The third-order valence-corrected chi connectivity index (χ3v) is 8.52. The van der Waals surface area contributed by atoms with E-state index < -0.39 is 9.84 Å². The van der Waals surface area contributed by atoms with Gasteiger partial charge in [-0.1, -0.05) is 51.6 Å². The summed E-state index contributed by atoms with van der Waals surface area (Å²) in [6.07, 6.45) is 9.18. The van der Waals surface area contributed by atoms with Crippen molar-refractivity contribution in [1.82, 2.24) is 0 Å². The highest BCUT2D eigenvalue weighted by Gasteiger charge is 2.25. The van der Waals surface area contributed by atoms with Crippen LogP contribution in [0.25, 0.3) is 5.57 Å². The first-order valence-corrected chi connectivity index (χ1v) is 14.2. The Morgan fingerprint density at radius 2 is 1.43 bits per heavy atom. The normalized spacial score (nSPS) is 12.8. The van der Waals surface area contributed by atoms with Crippen LogP contribution < -0.4 is 24.0 Å². The van der Waals surface area contributed by atoms with Gasteiger partial charge < -0.3 is 28.5 Å². The van der Waals surface area contributed by atoms with Gasteiger partial charge in [-0.05, 0) is 56.7 Å². The summed E-state index contributed by atoms with van der Waals surface area (Å²) in [5.74, 6) is 0.235. The molecule has 1 rings (SSSR count). The zero-order chi connectivity index (χ0) is 21.8. The lowest BCUT2D eigenvalue weighted by Crippen LogP contribution is -3.00. The van der Waals surface area contributed by atoms with Gasteiger partial charge in [0.25, 0.3) is 0 Å². The molecule has 1 aromatic heterocycles. The van der Waals surface area contributed by atoms with E-state index in [1.807, 2.05) is 19.1 Å². The quantitative estimate of drug-likeness (QED) is 0.165. The Morgan fingerprint density at radius 1 is 0.933 bits per heavy atom. The summed E-state index contributed by atoms with van der Waals surface area (Å²) in [4.78, 5) is 0.924. The standard InChI is InChI=1S/C23H41ClNO2S2.HI/c1-5-8-15-25(16-9-6-2,17-10-7-3)18-11-12-19-29(26,27)20-21(4)22-13-14-23(24)28-22;/h13-14,20H,5-12,15-19H2,1-4H3;1H/q+1;/p-1/b21-20+;. The number of quaternary nitrogens is 1. The van der Waals surface area contributed by atoms with Gasteiger partial charge in [0.15, 0.2) is 9.84 Å². The zero-order valence-corrected chi connectivity index (χ0v) is 23.8. The number of hydrogen-bond donors (Lipinski definition) is 0. The van der Waals surface area contributed by atoms with Gasteiger partial charge in [0.1, 0.15) is 0 Å². The van der Waals surface area contributed by atoms with E-state index >= 15 is 0 Å². The number of unbranched alkanes of at least 4 members (excludes halogenated alkanes) is 4. The molecule has 0 atom stereocenters. The first-order valence-electron chi connectivity index (χ1n) is 11.3. The van der Waals surface area contributed by atoms with E-state index in [0.717, 1.165) is 29.8 Å². The van der Waals surface area contributed by atoms with Crippen LogP contribution in [-0.4, -0.2) is 44.8 Å². The molecule has 0 aromatic carbocycles. The second-order valence-electron chi connectivity index (χ2n) is 8.28. The molecule has 1 heterocycles. The minimum Gasteiger partial charge on any atom is -1.00 e. The van der Waals surface area contributed by atoms with E-state index in [0.29, 0.717) is 4.34 Å². The lowest BCUT2D eigenvalue weighted by molar-refractivity contribution is -0.929. The maximum atomic E-state index is 12.6. The lowest BCUT2D eigenvalue weighted by atomic mass is 10.1. The van der Waals surface area contributed by atoms with Crippen molar-refractivity contribution in [2.45, 2.75) is 79.1 Å². The van der Waals surface area contributed by atoms with Crippen LogP contribution in [0.3, 0.4) is 0 Å². The molecule has 1 aromatic rings. The monoisotopic (exact) mass is 589 g/mol. The molecule has 3 nitrogen and oxygen atoms in total. The molecule has 0 N–H and O–H groups in total. The van der Waals surface area contributed by atoms with Gasteiger partial charge in [0, 0.05) is 10.3 Å². The molecule has 0 bridgehead atoms. The number of rotatable bonds is 16. The van der Waals surface area contributed by atoms with E-state index in [1.165, 1.54) is 79.4 Å². The highest BCUT2D eigenvalue weighted by Crippen LogP contribution is 2.28. The molecule has 0 saturated carbocycles. The van der Waals surface area contributed by atoms with Gasteiger partial charge >= 0.3 is 0 Å². The first kappa shape index (κ1) is 30.4. The summed E-state index contributed by atoms with van der Waals surface area (Å²) in [6, 6.07) is 3.70. The summed E-state index contributed by atoms with van der Waals surface area (Å²) in [5, 5.41) is 1.43. The van der Waals surface area contributed by atoms with Crippen LogP contribution in [0.5, 0.6) is 0 Å². The number of nitrogens with zero attached hydrogens (tertiary/aromatic N) is 1. The number of sulfone groups is 1. The Morgan fingerprint density at radius 3 is 1.87 bits per heavy atom. The average Bonchev–Trinajstić information content (AvgIpc) is 3.12. The fourth-order valence-corrected chi connectivity index (χ4v) is 6.29. The maximum Gasteiger partial charge on any atom is 0.171 e. The summed E-state index contributed by atoms with van der Waals surface area (Å²) in [5.41, 5.74) is 0.779. The molecule has 30 heavy (non-hydrogen) atoms. The highest BCUT2D eigenvalue weighted by molar-refractivity contribution is 7.94. The van der Waals surface area contributed by atoms with Crippen molar-refractivity contribution in [3.05, 3.63) is 26.8 Å². The Kier molecular flexibility index (Phi) is 16.3. The third-order valence-electron chi connectivity index (χ3n) is 5.59. The van der Waals surface area contributed by atoms with Crippen molar-refractivity contribution < 1.29 is 36.9 Å². The molecule has 0 spiro atoms. The minimum atomic E-state index is -3.19. The Bertz CT molecular complexity index is 695. The molecule has 176 valence electrons. The van der Waals surface area contributed by atoms with E-state index in [4.69, 9.17) is 11.6 Å². The van der Waals surface area contributed by atoms with Gasteiger partial charge in [-0.3, -0.25) is 0 Å². The Balaban J connectivity index is 0.00000841. The second-order valence-corrected chi connectivity index (χ2v) is 12.0. The number of thiophene rings is 1. The molecular formula is C23H41ClINO2S2. The predicted molar refractivity (Wildman–Crippen MR) is 130 cm³/mol. The van der Waals surface area contributed by atoms with Crippen molar-refractivity contribution in [3.8, 4) is 0 Å². The SMILES string of the molecule is CCCC[N+](CCCC)(CCCC)CCCCS(=O)(=O)/C=C(\C)c1ccc(Cl)s1.[I-]. The van der Waals surface area contributed by atoms with Crippen LogP contribution in [0, 0.1) is 0 Å². The van der Waals surface area contributed by atoms with Crippen molar-refractivity contribution in [3.63, 3.8) is 0 Å². The third kappa shape index (κ3) is 11.8. The van der Waals surface area contributed by atoms with Crippen molar-refractivity contribution in [2.75, 3.05) is 31.9 Å². The van der Waals surface area contributed by atoms with Crippen molar-refractivity contribution in [1.29, 1.82) is 0 Å². The molecule has 0 aliphatic rings. The van der Waals surface area contributed by atoms with Gasteiger partial charge in [-0.2, -0.15) is 0 Å². The zero-order valence-electron chi connectivity index (χ0n) is 19.3. The van der Waals surface area contributed by atoms with E-state index in [-0.39, 0.29) is 29.7 Å². The van der Waals surface area contributed by atoms with Crippen LogP contribution in [0.4, 0.5) is 0 Å². The Hall–Kier alpha value is 0.370. The molecule has 0 radical (unpaired) electrons. The lowest BCUT2D eigenvalue weighted by Gasteiger charge is -2.39. The Labute approximate surface area is 211 Å². The van der Waals surface area contributed by atoms with Crippen LogP contribution in [0.2, 0.25) is 4.34 Å². The maximum absolute atomic E-state index is 12.6. The fourth-order valence-electron chi connectivity index (χ4n) is 3.81. The molecule has 0 unspecified atom stereocenters. The number of halogens is 2. The van der Waals surface area contributed by atoms with E-state index in [9.17, 15) is 8.42 Å². The summed E-state index contributed by atoms with van der Waals surface area (Å²) < 4.78 is 27.0. The smallest absolute Gasteiger partial charge is 0.171 e. The van der Waals surface area contributed by atoms with Crippen LogP contribution in [0.1, 0.15) is 83.9 Å². The van der Waals surface area contributed by atoms with Crippen LogP contribution >= 0.6 is 22.9 Å². The number of hydrogen-bond acceptors (Lipinski definition) is 3. The minimum absolute atomic E-state index is 0. The summed E-state index contributed by atoms with van der Waals surface area (Å²) in [7, 11) is -3.19. The van der Waals surface area contributed by atoms with E-state index in [2.05, 4.69) is 20.8 Å². The molecule has 0 aliphatic carbocycles. The molecule has 7 heteroatoms. The van der Waals surface area contributed by atoms with Crippen LogP contribution in [0.15, 0.2) is 17.5 Å². The van der Waals surface area contributed by atoms with Gasteiger partial charge in [-0.15, -0.1) is 11.3 Å². The molecule has 0 amide bonds. The first-order chi connectivity index (χ1) is 13.8. The summed E-state index contributed by atoms with van der Waals surface area (Å²) in [6.45, 7) is 13.5. The van der Waals surface area contributed by atoms with Gasteiger partial charge in [0.05, 0.1) is 36.3 Å². The topological polar surface area (TPSA) is 34.1 Å². The van der Waals surface area contributed by atoms with Crippen molar-refractivity contribution in [2.24, 2.45) is 0 Å².